The second-order valence-electron chi connectivity index (χ2n) is 16.0. The van der Waals surface area contributed by atoms with Crippen LogP contribution < -0.4 is 0 Å². The first-order chi connectivity index (χ1) is 28.4. The van der Waals surface area contributed by atoms with Gasteiger partial charge in [-0.3, -0.25) is 18.6 Å². The summed E-state index contributed by atoms with van der Waals surface area (Å²) in [7, 11) is -4.68. The number of hydrogen-bond donors (Lipinski definition) is 6. The van der Waals surface area contributed by atoms with Crippen LogP contribution in [-0.2, 0) is 37.4 Å². The maximum absolute atomic E-state index is 12.7. The Kier molecular flexibility index (Phi) is 33.6. The summed E-state index contributed by atoms with van der Waals surface area (Å²) in [4.78, 5) is 35.2. The van der Waals surface area contributed by atoms with Crippen molar-refractivity contribution >= 4 is 19.8 Å². The van der Waals surface area contributed by atoms with Gasteiger partial charge in [0.15, 0.2) is 12.4 Å². The molecule has 0 bridgehead atoms. The number of allylic oxidation sites excluding steroid dienone is 2. The summed E-state index contributed by atoms with van der Waals surface area (Å²) in [6, 6.07) is 0. The highest BCUT2D eigenvalue weighted by Gasteiger charge is 2.35. The smallest absolute Gasteiger partial charge is 0.462 e. The first-order valence-corrected chi connectivity index (χ1v) is 24.2. The Morgan fingerprint density at radius 3 is 1.92 bits per heavy atom. The number of ether oxygens (including phenoxy) is 3. The second-order valence-corrected chi connectivity index (χ2v) is 17.4. The predicted molar refractivity (Wildman–Crippen MR) is 227 cm³/mol. The Balaban J connectivity index is 2.48. The van der Waals surface area contributed by atoms with Gasteiger partial charge in [-0.15, -0.1) is 0 Å². The summed E-state index contributed by atoms with van der Waals surface area (Å²) in [5.74, 6) is -1.44. The predicted octanol–water partition coefficient (Wildman–Crippen LogP) is 7.89. The van der Waals surface area contributed by atoms with Crippen molar-refractivity contribution in [1.82, 2.24) is 0 Å². The molecule has 0 saturated carbocycles. The molecule has 0 spiro atoms. The van der Waals surface area contributed by atoms with E-state index < -0.39 is 83.0 Å². The zero-order valence-corrected chi connectivity index (χ0v) is 37.1. The van der Waals surface area contributed by atoms with Crippen molar-refractivity contribution in [2.45, 2.75) is 211 Å². The first-order valence-electron chi connectivity index (χ1n) is 22.7. The lowest BCUT2D eigenvalue weighted by molar-refractivity contribution is -0.199. The monoisotopic (exact) mass is 865 g/mol. The van der Waals surface area contributed by atoms with Gasteiger partial charge in [0.1, 0.15) is 12.7 Å². The van der Waals surface area contributed by atoms with Gasteiger partial charge in [0.05, 0.1) is 38.1 Å². The fourth-order valence-corrected chi connectivity index (χ4v) is 7.59. The molecule has 6 N–H and O–H groups in total. The Hall–Kier alpha value is -1.71. The summed E-state index contributed by atoms with van der Waals surface area (Å²) >= 11 is 0. The van der Waals surface area contributed by atoms with Crippen molar-refractivity contribution in [1.29, 1.82) is 0 Å². The molecule has 8 atom stereocenters. The highest BCUT2D eigenvalue weighted by Crippen LogP contribution is 2.43. The third-order valence-electron chi connectivity index (χ3n) is 10.4. The van der Waals surface area contributed by atoms with Gasteiger partial charge in [0, 0.05) is 25.2 Å². The molecule has 1 aliphatic rings. The molecule has 0 aromatic heterocycles. The van der Waals surface area contributed by atoms with E-state index >= 15 is 0 Å². The van der Waals surface area contributed by atoms with E-state index in [4.69, 9.17) is 23.8 Å². The molecule has 1 aliphatic heterocycles. The topological polar surface area (TPSA) is 219 Å². The van der Waals surface area contributed by atoms with Crippen LogP contribution in [-0.4, -0.2) is 106 Å². The average Bonchev–Trinajstić information content (AvgIpc) is 3.20. The molecule has 59 heavy (non-hydrogen) atoms. The summed E-state index contributed by atoms with van der Waals surface area (Å²) in [6.45, 7) is 1.98. The van der Waals surface area contributed by atoms with E-state index in [1.165, 1.54) is 70.6 Å². The second kappa shape index (κ2) is 35.8. The lowest BCUT2D eigenvalue weighted by Gasteiger charge is -2.36. The zero-order valence-electron chi connectivity index (χ0n) is 36.3. The fraction of sp³-hybridized carbons (Fsp3) is 0.864. The summed E-state index contributed by atoms with van der Waals surface area (Å²) in [6.07, 6.45) is 24.7. The fourth-order valence-electron chi connectivity index (χ4n) is 6.80. The van der Waals surface area contributed by atoms with E-state index in [1.807, 2.05) is 12.2 Å². The number of rotatable bonds is 38. The van der Waals surface area contributed by atoms with Gasteiger partial charge in [0.2, 0.25) is 0 Å². The minimum absolute atomic E-state index is 0.0499. The van der Waals surface area contributed by atoms with E-state index in [2.05, 4.69) is 18.4 Å². The van der Waals surface area contributed by atoms with Gasteiger partial charge in [0.25, 0.3) is 0 Å². The van der Waals surface area contributed by atoms with E-state index in [9.17, 15) is 39.5 Å². The third-order valence-corrected chi connectivity index (χ3v) is 11.4. The number of esters is 2. The largest absolute Gasteiger partial charge is 0.472 e. The van der Waals surface area contributed by atoms with Crippen molar-refractivity contribution in [3.8, 4) is 0 Å². The van der Waals surface area contributed by atoms with Crippen molar-refractivity contribution in [3.05, 3.63) is 24.3 Å². The molecule has 0 amide bonds. The Morgan fingerprint density at radius 1 is 0.746 bits per heavy atom. The molecule has 346 valence electrons. The summed E-state index contributed by atoms with van der Waals surface area (Å²) < 4.78 is 38.4. The standard InChI is InChI=1S/C44H81O14P/c1-3-5-7-8-9-10-11-12-13-14-15-16-17-18-24-28-43(50)57-38(35-56-59(52,53)55-33-37(47)32-45)34-54-42(49)27-23-20-19-22-26-39-40(48)31-44(51)58-41(39)30-29-36(46)25-21-6-4-2/h19,22,29-30,36-41,44-48,51H,3-18,20-21,23-28,31-35H2,1-2H3,(H,52,53)/b22-19-,30-29+/t36-,37-,38+,39-,40-,41+,44?/m0/s1. The molecular formula is C44H81O14P. The number of carbonyl (C=O) groups is 2. The molecule has 0 aromatic rings. The zero-order chi connectivity index (χ0) is 43.6. The number of carbonyl (C=O) groups excluding carboxylic acids is 2. The first kappa shape index (κ1) is 55.3. The molecule has 1 rings (SSSR count). The van der Waals surface area contributed by atoms with Crippen LogP contribution in [0.3, 0.4) is 0 Å². The van der Waals surface area contributed by atoms with Crippen LogP contribution in [0, 0.1) is 5.92 Å². The van der Waals surface area contributed by atoms with Crippen LogP contribution in [0.15, 0.2) is 24.3 Å². The van der Waals surface area contributed by atoms with Gasteiger partial charge in [-0.25, -0.2) is 4.57 Å². The molecule has 1 heterocycles. The third kappa shape index (κ3) is 30.9. The summed E-state index contributed by atoms with van der Waals surface area (Å²) in [5, 5.41) is 49.3. The van der Waals surface area contributed by atoms with Gasteiger partial charge in [-0.2, -0.15) is 0 Å². The van der Waals surface area contributed by atoms with Crippen LogP contribution in [0.5, 0.6) is 0 Å². The molecule has 2 unspecified atom stereocenters. The maximum atomic E-state index is 12.7. The van der Waals surface area contributed by atoms with E-state index in [0.717, 1.165) is 38.5 Å². The number of aliphatic hydroxyl groups excluding tert-OH is 5. The number of aliphatic hydroxyl groups is 5. The van der Waals surface area contributed by atoms with E-state index in [-0.39, 0.29) is 25.2 Å². The van der Waals surface area contributed by atoms with Crippen LogP contribution in [0.25, 0.3) is 0 Å². The molecule has 0 aromatic carbocycles. The number of phosphoric acid groups is 1. The Labute approximate surface area is 354 Å². The van der Waals surface area contributed by atoms with Crippen molar-refractivity contribution in [2.24, 2.45) is 5.92 Å². The van der Waals surface area contributed by atoms with Gasteiger partial charge in [-0.05, 0) is 32.1 Å². The van der Waals surface area contributed by atoms with E-state index in [0.29, 0.717) is 32.1 Å². The number of phosphoric ester groups is 1. The molecule has 0 aliphatic carbocycles. The van der Waals surface area contributed by atoms with Crippen LogP contribution in [0.2, 0.25) is 0 Å². The lowest BCUT2D eigenvalue weighted by atomic mass is 9.87. The quantitative estimate of drug-likeness (QED) is 0.0151. The maximum Gasteiger partial charge on any atom is 0.472 e. The average molecular weight is 865 g/mol. The normalized spacial score (nSPS) is 21.1. The number of hydrogen-bond acceptors (Lipinski definition) is 13. The molecule has 0 radical (unpaired) electrons. The highest BCUT2D eigenvalue weighted by molar-refractivity contribution is 7.47. The van der Waals surface area contributed by atoms with Gasteiger partial charge in [-0.1, -0.05) is 147 Å². The summed E-state index contributed by atoms with van der Waals surface area (Å²) in [5.41, 5.74) is 0. The Morgan fingerprint density at radius 2 is 1.31 bits per heavy atom. The molecule has 14 nitrogen and oxygen atoms in total. The molecule has 1 fully saturated rings. The van der Waals surface area contributed by atoms with Crippen LogP contribution >= 0.6 is 7.82 Å². The Bertz CT molecular complexity index is 1150. The number of unbranched alkanes of at least 4 members (excludes halogenated alkanes) is 17. The SMILES string of the molecule is CCCCCCCCCCCCCCCCCC(=O)O[C@H](COC(=O)CCC/C=C\C[C@H]1[C@@H](O)CC(O)O[C@@H]1/C=C/[C@@H](O)CCCCC)COP(=O)(O)OC[C@@H](O)CO. The minimum atomic E-state index is -4.68. The molecule has 15 heteroatoms. The molecule has 1 saturated heterocycles. The van der Waals surface area contributed by atoms with Gasteiger partial charge >= 0.3 is 19.8 Å². The molecular weight excluding hydrogens is 783 g/mol. The van der Waals surface area contributed by atoms with Gasteiger partial charge < -0.3 is 44.6 Å². The van der Waals surface area contributed by atoms with E-state index in [1.54, 1.807) is 12.2 Å². The van der Waals surface area contributed by atoms with Crippen LogP contribution in [0.4, 0.5) is 0 Å². The van der Waals surface area contributed by atoms with Crippen molar-refractivity contribution in [2.75, 3.05) is 26.4 Å². The van der Waals surface area contributed by atoms with Crippen molar-refractivity contribution < 1.29 is 67.8 Å². The lowest BCUT2D eigenvalue weighted by Crippen LogP contribution is -2.43. The van der Waals surface area contributed by atoms with Crippen LogP contribution in [0.1, 0.15) is 174 Å². The van der Waals surface area contributed by atoms with Crippen molar-refractivity contribution in [3.63, 3.8) is 0 Å². The highest BCUT2D eigenvalue weighted by atomic mass is 31.2. The minimum Gasteiger partial charge on any atom is -0.462 e.